The number of hydrogen-bond donors (Lipinski definition) is 2. The Balaban J connectivity index is 1.40. The third-order valence-corrected chi connectivity index (χ3v) is 4.24. The number of carbonyl (C=O) groups is 1. The summed E-state index contributed by atoms with van der Waals surface area (Å²) in [4.78, 5) is 18.2. The van der Waals surface area contributed by atoms with Crippen molar-refractivity contribution < 1.29 is 9.53 Å². The zero-order chi connectivity index (χ0) is 17.6. The Morgan fingerprint density at radius 3 is 2.64 bits per heavy atom. The summed E-state index contributed by atoms with van der Waals surface area (Å²) in [5.41, 5.74) is 2.00. The highest BCUT2D eigenvalue weighted by molar-refractivity contribution is 5.68. The van der Waals surface area contributed by atoms with E-state index in [9.17, 15) is 4.79 Å². The van der Waals surface area contributed by atoms with Gasteiger partial charge in [0, 0.05) is 32.4 Å². The van der Waals surface area contributed by atoms with Gasteiger partial charge in [0.05, 0.1) is 5.69 Å². The second-order valence-corrected chi connectivity index (χ2v) is 6.48. The average Bonchev–Trinajstić information content (AvgIpc) is 2.59. The Hall–Kier alpha value is -2.76. The molecule has 1 heterocycles. The van der Waals surface area contributed by atoms with Crippen molar-refractivity contribution in [3.63, 3.8) is 0 Å². The van der Waals surface area contributed by atoms with E-state index in [1.165, 1.54) is 0 Å². The predicted octanol–water partition coefficient (Wildman–Crippen LogP) is 3.02. The Morgan fingerprint density at radius 1 is 1.16 bits per heavy atom. The van der Waals surface area contributed by atoms with Crippen LogP contribution in [0.15, 0.2) is 48.7 Å². The first-order valence-electron chi connectivity index (χ1n) is 8.48. The lowest BCUT2D eigenvalue weighted by Gasteiger charge is -2.37. The summed E-state index contributed by atoms with van der Waals surface area (Å²) in [5, 5.41) is 6.41. The molecule has 0 spiro atoms. The van der Waals surface area contributed by atoms with Gasteiger partial charge in [-0.05, 0) is 30.5 Å². The molecular formula is C19H24N4O2. The zero-order valence-corrected chi connectivity index (χ0v) is 14.6. The summed E-state index contributed by atoms with van der Waals surface area (Å²) in [6.45, 7) is 0.295. The quantitative estimate of drug-likeness (QED) is 0.846. The molecule has 1 fully saturated rings. The van der Waals surface area contributed by atoms with Crippen molar-refractivity contribution in [1.29, 1.82) is 0 Å². The molecule has 1 amide bonds. The van der Waals surface area contributed by atoms with Gasteiger partial charge >= 0.3 is 6.09 Å². The van der Waals surface area contributed by atoms with Crippen molar-refractivity contribution in [2.24, 2.45) is 0 Å². The van der Waals surface area contributed by atoms with Gasteiger partial charge in [0.1, 0.15) is 6.61 Å². The molecule has 1 aliphatic carbocycles. The highest BCUT2D eigenvalue weighted by Crippen LogP contribution is 2.28. The molecule has 0 radical (unpaired) electrons. The minimum atomic E-state index is -0.359. The van der Waals surface area contributed by atoms with Crippen LogP contribution in [0.25, 0.3) is 0 Å². The standard InChI is InChI=1S/C19H24N4O2/c1-23(2)18-17(9-6-10-20-18)21-15-11-16(12-15)22-19(24)25-13-14-7-4-3-5-8-14/h3-10,15-16,21H,11-13H2,1-2H3,(H,22,24). The van der Waals surface area contributed by atoms with E-state index < -0.39 is 0 Å². The number of ether oxygens (including phenoxy) is 1. The number of aromatic nitrogens is 1. The van der Waals surface area contributed by atoms with E-state index >= 15 is 0 Å². The van der Waals surface area contributed by atoms with Gasteiger partial charge < -0.3 is 20.3 Å². The number of nitrogens with zero attached hydrogens (tertiary/aromatic N) is 2. The van der Waals surface area contributed by atoms with Crippen molar-refractivity contribution in [3.8, 4) is 0 Å². The summed E-state index contributed by atoms with van der Waals surface area (Å²) in [7, 11) is 3.95. The molecular weight excluding hydrogens is 316 g/mol. The van der Waals surface area contributed by atoms with Crippen molar-refractivity contribution in [2.75, 3.05) is 24.3 Å². The summed E-state index contributed by atoms with van der Waals surface area (Å²) in [6.07, 6.45) is 3.18. The van der Waals surface area contributed by atoms with Crippen LogP contribution in [0.3, 0.4) is 0 Å². The maximum atomic E-state index is 11.9. The van der Waals surface area contributed by atoms with Gasteiger partial charge in [0.15, 0.2) is 5.82 Å². The number of benzene rings is 1. The zero-order valence-electron chi connectivity index (χ0n) is 14.6. The minimum Gasteiger partial charge on any atom is -0.445 e. The van der Waals surface area contributed by atoms with Gasteiger partial charge in [-0.2, -0.15) is 0 Å². The number of hydrogen-bond acceptors (Lipinski definition) is 5. The largest absolute Gasteiger partial charge is 0.445 e. The lowest BCUT2D eigenvalue weighted by atomic mass is 9.86. The van der Waals surface area contributed by atoms with E-state index in [1.54, 1.807) is 6.20 Å². The molecule has 25 heavy (non-hydrogen) atoms. The fraction of sp³-hybridized carbons (Fsp3) is 0.368. The van der Waals surface area contributed by atoms with E-state index in [1.807, 2.05) is 61.5 Å². The molecule has 1 aliphatic rings. The van der Waals surface area contributed by atoms with Crippen LogP contribution in [0.2, 0.25) is 0 Å². The highest BCUT2D eigenvalue weighted by Gasteiger charge is 2.31. The molecule has 1 aromatic heterocycles. The van der Waals surface area contributed by atoms with E-state index in [2.05, 4.69) is 15.6 Å². The molecule has 2 N–H and O–H groups in total. The van der Waals surface area contributed by atoms with Crippen molar-refractivity contribution in [3.05, 3.63) is 54.2 Å². The molecule has 6 heteroatoms. The number of rotatable bonds is 6. The lowest BCUT2D eigenvalue weighted by Crippen LogP contribution is -2.49. The Kier molecular flexibility index (Phi) is 5.38. The van der Waals surface area contributed by atoms with Gasteiger partial charge in [-0.1, -0.05) is 30.3 Å². The van der Waals surface area contributed by atoms with Gasteiger partial charge in [0.25, 0.3) is 0 Å². The van der Waals surface area contributed by atoms with Crippen LogP contribution in [-0.4, -0.2) is 37.3 Å². The Bertz CT molecular complexity index is 700. The molecule has 0 atom stereocenters. The maximum absolute atomic E-state index is 11.9. The molecule has 2 aromatic rings. The summed E-state index contributed by atoms with van der Waals surface area (Å²) >= 11 is 0. The average molecular weight is 340 g/mol. The first kappa shape index (κ1) is 17.1. The fourth-order valence-electron chi connectivity index (χ4n) is 2.87. The minimum absolute atomic E-state index is 0.153. The normalized spacial score (nSPS) is 18.8. The molecule has 1 saturated carbocycles. The second kappa shape index (κ2) is 7.88. The van der Waals surface area contributed by atoms with Crippen molar-refractivity contribution >= 4 is 17.6 Å². The molecule has 1 aromatic carbocycles. The Labute approximate surface area is 148 Å². The van der Waals surface area contributed by atoms with E-state index in [0.717, 1.165) is 29.9 Å². The number of nitrogens with one attached hydrogen (secondary N) is 2. The number of anilines is 2. The first-order valence-corrected chi connectivity index (χ1v) is 8.48. The number of pyridine rings is 1. The van der Waals surface area contributed by atoms with E-state index in [-0.39, 0.29) is 12.1 Å². The van der Waals surface area contributed by atoms with Crippen LogP contribution < -0.4 is 15.5 Å². The van der Waals surface area contributed by atoms with Gasteiger partial charge in [-0.3, -0.25) is 0 Å². The molecule has 0 aliphatic heterocycles. The summed E-state index contributed by atoms with van der Waals surface area (Å²) in [5.74, 6) is 0.918. The molecule has 6 nitrogen and oxygen atoms in total. The van der Waals surface area contributed by atoms with Gasteiger partial charge in [-0.15, -0.1) is 0 Å². The van der Waals surface area contributed by atoms with Gasteiger partial charge in [0.2, 0.25) is 0 Å². The third-order valence-electron chi connectivity index (χ3n) is 4.24. The molecule has 132 valence electrons. The van der Waals surface area contributed by atoms with Crippen molar-refractivity contribution in [1.82, 2.24) is 10.3 Å². The molecule has 0 unspecified atom stereocenters. The second-order valence-electron chi connectivity index (χ2n) is 6.48. The van der Waals surface area contributed by atoms with Crippen LogP contribution in [0.1, 0.15) is 18.4 Å². The number of amides is 1. The van der Waals surface area contributed by atoms with Gasteiger partial charge in [-0.25, -0.2) is 9.78 Å². The SMILES string of the molecule is CN(C)c1ncccc1NC1CC(NC(=O)OCc2ccccc2)C1. The summed E-state index contributed by atoms with van der Waals surface area (Å²) in [6, 6.07) is 14.1. The van der Waals surface area contributed by atoms with Crippen LogP contribution in [0.5, 0.6) is 0 Å². The number of alkyl carbamates (subject to hydrolysis) is 1. The number of carbonyl (C=O) groups excluding carboxylic acids is 1. The third kappa shape index (κ3) is 4.62. The van der Waals surface area contributed by atoms with Crippen LogP contribution >= 0.6 is 0 Å². The summed E-state index contributed by atoms with van der Waals surface area (Å²) < 4.78 is 5.25. The van der Waals surface area contributed by atoms with E-state index in [0.29, 0.717) is 12.6 Å². The highest BCUT2D eigenvalue weighted by atomic mass is 16.5. The Morgan fingerprint density at radius 2 is 1.92 bits per heavy atom. The smallest absolute Gasteiger partial charge is 0.407 e. The lowest BCUT2D eigenvalue weighted by molar-refractivity contribution is 0.129. The van der Waals surface area contributed by atoms with Crippen LogP contribution in [0, 0.1) is 0 Å². The maximum Gasteiger partial charge on any atom is 0.407 e. The monoisotopic (exact) mass is 340 g/mol. The predicted molar refractivity (Wildman–Crippen MR) is 98.8 cm³/mol. The molecule has 0 bridgehead atoms. The first-order chi connectivity index (χ1) is 12.1. The van der Waals surface area contributed by atoms with Crippen molar-refractivity contribution in [2.45, 2.75) is 31.5 Å². The van der Waals surface area contributed by atoms with E-state index in [4.69, 9.17) is 4.74 Å². The molecule has 3 rings (SSSR count). The topological polar surface area (TPSA) is 66.5 Å². The van der Waals surface area contributed by atoms with Crippen LogP contribution in [-0.2, 0) is 11.3 Å². The molecule has 0 saturated heterocycles. The fourth-order valence-corrected chi connectivity index (χ4v) is 2.87. The van der Waals surface area contributed by atoms with Crippen LogP contribution in [0.4, 0.5) is 16.3 Å².